The molecule has 2 saturated carbocycles. The maximum absolute atomic E-state index is 13.6. The van der Waals surface area contributed by atoms with Gasteiger partial charge < -0.3 is 4.57 Å². The molecule has 0 unspecified atom stereocenters. The third-order valence-electron chi connectivity index (χ3n) is 6.18. The van der Waals surface area contributed by atoms with Gasteiger partial charge in [0.2, 0.25) is 0 Å². The van der Waals surface area contributed by atoms with E-state index in [2.05, 4.69) is 27.4 Å². The average Bonchev–Trinajstić information content (AvgIpc) is 2.45. The van der Waals surface area contributed by atoms with Gasteiger partial charge in [-0.3, -0.25) is 0 Å². The van der Waals surface area contributed by atoms with E-state index in [9.17, 15) is 4.57 Å². The van der Waals surface area contributed by atoms with E-state index in [0.717, 1.165) is 12.3 Å². The normalized spacial score (nSPS) is 29.8. The van der Waals surface area contributed by atoms with Crippen LogP contribution in [0, 0.1) is 5.92 Å². The van der Waals surface area contributed by atoms with E-state index in [1.807, 2.05) is 0 Å². The summed E-state index contributed by atoms with van der Waals surface area (Å²) in [5.74, 6) is 0.723. The van der Waals surface area contributed by atoms with Crippen LogP contribution in [0.2, 0.25) is 0 Å². The van der Waals surface area contributed by atoms with Crippen molar-refractivity contribution in [1.29, 1.82) is 0 Å². The second kappa shape index (κ2) is 5.41. The molecule has 3 aliphatic rings. The van der Waals surface area contributed by atoms with Gasteiger partial charge in [-0.2, -0.15) is 0 Å². The summed E-state index contributed by atoms with van der Waals surface area (Å²) in [6.45, 7) is 8.58. The Balaban J connectivity index is 2.12. The van der Waals surface area contributed by atoms with Gasteiger partial charge in [0.1, 0.15) is 7.14 Å². The molecule has 0 heterocycles. The highest BCUT2D eigenvalue weighted by Gasteiger charge is 2.41. The Morgan fingerprint density at radius 1 is 0.952 bits per heavy atom. The highest BCUT2D eigenvalue weighted by molar-refractivity contribution is 7.68. The van der Waals surface area contributed by atoms with Gasteiger partial charge in [-0.05, 0) is 80.4 Å². The predicted octanol–water partition coefficient (Wildman–Crippen LogP) is 6.50. The molecule has 0 bridgehead atoms. The fourth-order valence-electron chi connectivity index (χ4n) is 4.48. The summed E-state index contributed by atoms with van der Waals surface area (Å²) in [5, 5.41) is 1.30. The van der Waals surface area contributed by atoms with Crippen LogP contribution in [-0.2, 0) is 4.57 Å². The monoisotopic (exact) mass is 306 g/mol. The predicted molar refractivity (Wildman–Crippen MR) is 92.4 cm³/mol. The zero-order valence-electron chi connectivity index (χ0n) is 14.3. The molecule has 0 amide bonds. The van der Waals surface area contributed by atoms with Crippen LogP contribution in [0.4, 0.5) is 0 Å². The lowest BCUT2D eigenvalue weighted by atomic mass is 9.71. The highest BCUT2D eigenvalue weighted by atomic mass is 31.2. The molecule has 0 spiro atoms. The van der Waals surface area contributed by atoms with E-state index in [1.54, 1.807) is 16.7 Å². The third kappa shape index (κ3) is 2.61. The molecule has 0 aliphatic heterocycles. The van der Waals surface area contributed by atoms with E-state index in [1.165, 1.54) is 56.7 Å². The van der Waals surface area contributed by atoms with Crippen LogP contribution < -0.4 is 0 Å². The number of allylic oxidation sites excluding steroid dienone is 4. The van der Waals surface area contributed by atoms with Gasteiger partial charge in [0, 0.05) is 5.16 Å². The van der Waals surface area contributed by atoms with Crippen molar-refractivity contribution in [3.63, 3.8) is 0 Å². The van der Waals surface area contributed by atoms with Crippen LogP contribution in [0.1, 0.15) is 78.6 Å². The van der Waals surface area contributed by atoms with Crippen LogP contribution in [-0.4, -0.2) is 11.8 Å². The maximum Gasteiger partial charge on any atom is 0.114 e. The molecule has 2 heteroatoms. The number of fused-ring (bicyclic) bond motifs is 2. The van der Waals surface area contributed by atoms with E-state index in [0.29, 0.717) is 0 Å². The summed E-state index contributed by atoms with van der Waals surface area (Å²) in [4.78, 5) is 0. The Hall–Kier alpha value is -0.290. The quantitative estimate of drug-likeness (QED) is 0.505. The van der Waals surface area contributed by atoms with E-state index >= 15 is 0 Å². The molecule has 0 N–H and O–H groups in total. The lowest BCUT2D eigenvalue weighted by Crippen LogP contribution is -2.24. The summed E-state index contributed by atoms with van der Waals surface area (Å²) in [6.07, 6.45) is 11.6. The first-order valence-electron chi connectivity index (χ1n) is 8.85. The molecular formula is C19H31OP. The van der Waals surface area contributed by atoms with E-state index in [4.69, 9.17) is 0 Å². The van der Waals surface area contributed by atoms with Crippen LogP contribution in [0.3, 0.4) is 0 Å². The summed E-state index contributed by atoms with van der Waals surface area (Å²) in [7, 11) is -2.26. The Labute approximate surface area is 130 Å². The van der Waals surface area contributed by atoms with Crippen LogP contribution >= 0.6 is 7.14 Å². The van der Waals surface area contributed by atoms with Gasteiger partial charge in [0.05, 0.1) is 0 Å². The minimum Gasteiger partial charge on any atom is -0.319 e. The number of hydrogen-bond donors (Lipinski definition) is 0. The summed E-state index contributed by atoms with van der Waals surface area (Å²) < 4.78 is 13.6. The number of rotatable bonds is 1. The van der Waals surface area contributed by atoms with Crippen molar-refractivity contribution in [1.82, 2.24) is 0 Å². The van der Waals surface area contributed by atoms with Crippen molar-refractivity contribution in [2.24, 2.45) is 5.92 Å². The van der Waals surface area contributed by atoms with Crippen LogP contribution in [0.5, 0.6) is 0 Å². The number of hydrogen-bond acceptors (Lipinski definition) is 1. The topological polar surface area (TPSA) is 17.1 Å². The first kappa shape index (κ1) is 15.6. The van der Waals surface area contributed by atoms with Crippen molar-refractivity contribution in [3.8, 4) is 0 Å². The van der Waals surface area contributed by atoms with Crippen molar-refractivity contribution in [2.75, 3.05) is 6.66 Å². The van der Waals surface area contributed by atoms with Crippen molar-refractivity contribution in [3.05, 3.63) is 22.0 Å². The smallest absolute Gasteiger partial charge is 0.114 e. The summed E-state index contributed by atoms with van der Waals surface area (Å²) in [5.41, 5.74) is 4.99. The van der Waals surface area contributed by atoms with E-state index in [-0.39, 0.29) is 5.16 Å². The third-order valence-corrected chi connectivity index (χ3v) is 10.2. The molecule has 21 heavy (non-hydrogen) atoms. The Kier molecular flexibility index (Phi) is 4.02. The molecule has 0 saturated heterocycles. The van der Waals surface area contributed by atoms with Gasteiger partial charge in [-0.15, -0.1) is 0 Å². The Bertz CT molecular complexity index is 544. The van der Waals surface area contributed by atoms with Gasteiger partial charge in [-0.1, -0.05) is 32.8 Å². The zero-order chi connectivity index (χ0) is 15.3. The average molecular weight is 306 g/mol. The molecule has 2 fully saturated rings. The van der Waals surface area contributed by atoms with Crippen LogP contribution in [0.25, 0.3) is 0 Å². The van der Waals surface area contributed by atoms with Crippen molar-refractivity contribution < 1.29 is 4.57 Å². The highest BCUT2D eigenvalue weighted by Crippen LogP contribution is 2.67. The molecule has 0 aromatic rings. The fraction of sp³-hybridized carbons (Fsp3) is 0.789. The summed E-state index contributed by atoms with van der Waals surface area (Å²) in [6, 6.07) is 0. The zero-order valence-corrected chi connectivity index (χ0v) is 15.2. The second-order valence-electron chi connectivity index (χ2n) is 8.38. The molecule has 2 atom stereocenters. The summed E-state index contributed by atoms with van der Waals surface area (Å²) >= 11 is 0. The molecular weight excluding hydrogens is 275 g/mol. The molecule has 3 rings (SSSR count). The van der Waals surface area contributed by atoms with Crippen molar-refractivity contribution in [2.45, 2.75) is 83.7 Å². The minimum absolute atomic E-state index is 0.0932. The molecule has 118 valence electrons. The largest absolute Gasteiger partial charge is 0.319 e. The molecule has 3 aliphatic carbocycles. The lowest BCUT2D eigenvalue weighted by molar-refractivity contribution is 0.431. The minimum atomic E-state index is -2.26. The first-order valence-corrected chi connectivity index (χ1v) is 11.0. The molecule has 1 nitrogen and oxygen atoms in total. The molecule has 0 radical (unpaired) electrons. The Morgan fingerprint density at radius 2 is 1.57 bits per heavy atom. The second-order valence-corrected chi connectivity index (χ2v) is 12.1. The van der Waals surface area contributed by atoms with E-state index < -0.39 is 7.14 Å². The van der Waals surface area contributed by atoms with Gasteiger partial charge >= 0.3 is 0 Å². The SMILES string of the molecule is CC(C)(C)[P@@](C)(=O)C1=C2CCCCC2=C2CCCC[C@H]2C1. The van der Waals surface area contributed by atoms with Gasteiger partial charge in [0.25, 0.3) is 0 Å². The maximum atomic E-state index is 13.6. The van der Waals surface area contributed by atoms with Crippen LogP contribution in [0.15, 0.2) is 22.0 Å². The Morgan fingerprint density at radius 3 is 2.24 bits per heavy atom. The molecule has 0 aromatic carbocycles. The van der Waals surface area contributed by atoms with Gasteiger partial charge in [-0.25, -0.2) is 0 Å². The van der Waals surface area contributed by atoms with Gasteiger partial charge in [0.15, 0.2) is 0 Å². The lowest BCUT2D eigenvalue weighted by Gasteiger charge is -2.42. The van der Waals surface area contributed by atoms with Crippen molar-refractivity contribution >= 4 is 7.14 Å². The molecule has 0 aromatic heterocycles. The first-order chi connectivity index (χ1) is 9.82. The fourth-order valence-corrected chi connectivity index (χ4v) is 6.62. The standard InChI is InChI=1S/C19H31OP/c1-19(2,3)21(4,20)18-13-14-9-5-6-10-15(14)16-11-7-8-12-17(16)18/h14H,5-13H2,1-4H3/t14-,21-/m0/s1.